The number of carbonyl (C=O) groups is 2. The molecule has 1 unspecified atom stereocenters. The summed E-state index contributed by atoms with van der Waals surface area (Å²) in [4.78, 5) is 24.0. The summed E-state index contributed by atoms with van der Waals surface area (Å²) in [5.74, 6) is 2.27. The molecule has 0 aromatic heterocycles. The van der Waals surface area contributed by atoms with Crippen molar-refractivity contribution in [3.8, 4) is 0 Å². The van der Waals surface area contributed by atoms with Gasteiger partial charge in [-0.15, -0.1) is 0 Å². The molecule has 0 radical (unpaired) electrons. The third kappa shape index (κ3) is 2.24. The van der Waals surface area contributed by atoms with E-state index in [0.29, 0.717) is 23.5 Å². The molecule has 0 aliphatic heterocycles. The molecule has 6 atom stereocenters. The number of Topliss-reactive ketones (excluding diaryl/α,β-unsaturated/α-hetero) is 1. The van der Waals surface area contributed by atoms with Gasteiger partial charge < -0.3 is 4.74 Å². The fraction of sp³-hybridized carbons (Fsp3) is 0.826. The second-order valence-corrected chi connectivity index (χ2v) is 10.2. The van der Waals surface area contributed by atoms with Crippen LogP contribution in [0.5, 0.6) is 0 Å². The van der Waals surface area contributed by atoms with Crippen LogP contribution >= 0.6 is 0 Å². The number of esters is 1. The molecule has 144 valence electrons. The maximum atomic E-state index is 12.3. The third-order valence-electron chi connectivity index (χ3n) is 9.31. The Morgan fingerprint density at radius 1 is 1.00 bits per heavy atom. The van der Waals surface area contributed by atoms with Crippen LogP contribution in [0.25, 0.3) is 0 Å². The number of hydrogen-bond donors (Lipinski definition) is 0. The molecule has 4 aliphatic rings. The van der Waals surface area contributed by atoms with Crippen LogP contribution in [0.2, 0.25) is 0 Å². The first-order valence-corrected chi connectivity index (χ1v) is 10.6. The van der Waals surface area contributed by atoms with Crippen molar-refractivity contribution >= 4 is 11.8 Å². The predicted octanol–water partition coefficient (Wildman–Crippen LogP) is 5.23. The number of hydrogen-bond acceptors (Lipinski definition) is 3. The van der Waals surface area contributed by atoms with Crippen molar-refractivity contribution in [2.75, 3.05) is 0 Å². The van der Waals surface area contributed by atoms with Gasteiger partial charge in [0.25, 0.3) is 0 Å². The number of rotatable bonds is 1. The normalized spacial score (nSPS) is 47.9. The van der Waals surface area contributed by atoms with Crippen molar-refractivity contribution in [1.82, 2.24) is 0 Å². The Morgan fingerprint density at radius 3 is 2.38 bits per heavy atom. The first-order valence-electron chi connectivity index (χ1n) is 10.6. The van der Waals surface area contributed by atoms with Gasteiger partial charge in [-0.05, 0) is 87.5 Å². The zero-order valence-corrected chi connectivity index (χ0v) is 17.1. The van der Waals surface area contributed by atoms with Gasteiger partial charge in [0.05, 0.1) is 0 Å². The van der Waals surface area contributed by atoms with E-state index in [1.807, 2.05) is 0 Å². The van der Waals surface area contributed by atoms with Crippen molar-refractivity contribution in [3.05, 3.63) is 11.1 Å². The molecule has 0 N–H and O–H groups in total. The number of ether oxygens (including phenoxy) is 1. The first kappa shape index (κ1) is 18.3. The third-order valence-corrected chi connectivity index (χ3v) is 9.31. The zero-order valence-electron chi connectivity index (χ0n) is 17.1. The van der Waals surface area contributed by atoms with Crippen molar-refractivity contribution in [2.24, 2.45) is 28.6 Å². The fourth-order valence-electron chi connectivity index (χ4n) is 7.69. The minimum absolute atomic E-state index is 0.0942. The van der Waals surface area contributed by atoms with E-state index >= 15 is 0 Å². The molecule has 0 bridgehead atoms. The molecule has 3 heteroatoms. The van der Waals surface area contributed by atoms with Crippen molar-refractivity contribution in [3.63, 3.8) is 0 Å². The molecule has 0 aromatic rings. The molecule has 0 heterocycles. The molecule has 4 rings (SSSR count). The Kier molecular flexibility index (Phi) is 3.99. The fourth-order valence-corrected chi connectivity index (χ4v) is 7.69. The molecule has 3 nitrogen and oxygen atoms in total. The summed E-state index contributed by atoms with van der Waals surface area (Å²) in [6, 6.07) is 0. The van der Waals surface area contributed by atoms with E-state index in [-0.39, 0.29) is 22.4 Å². The molecule has 3 saturated carbocycles. The molecule has 0 aromatic carbocycles. The standard InChI is InChI=1S/C23H34O3/c1-14-17-7-6-16-18(21(17,3)11-10-20(14)25)8-12-22(4)19(16)9-13-23(22,5)26-15(2)24/h16,18-19H,6-13H2,1-5H3/t16-,18-,19+,21+,22+,23?/m1/s1. The van der Waals surface area contributed by atoms with Gasteiger partial charge in [0.2, 0.25) is 0 Å². The van der Waals surface area contributed by atoms with Gasteiger partial charge in [0.1, 0.15) is 5.60 Å². The number of ketones is 1. The summed E-state index contributed by atoms with van der Waals surface area (Å²) in [5, 5.41) is 0. The molecular formula is C23H34O3. The van der Waals surface area contributed by atoms with Crippen LogP contribution in [0.15, 0.2) is 11.1 Å². The molecule has 0 saturated heterocycles. The average Bonchev–Trinajstić information content (AvgIpc) is 2.82. The second kappa shape index (κ2) is 5.69. The molecule has 0 amide bonds. The van der Waals surface area contributed by atoms with Crippen LogP contribution in [0.3, 0.4) is 0 Å². The molecule has 26 heavy (non-hydrogen) atoms. The number of allylic oxidation sites excluding steroid dienone is 1. The Balaban J connectivity index is 1.68. The Bertz CT molecular complexity index is 692. The predicted molar refractivity (Wildman–Crippen MR) is 101 cm³/mol. The van der Waals surface area contributed by atoms with Crippen LogP contribution in [-0.4, -0.2) is 17.4 Å². The summed E-state index contributed by atoms with van der Waals surface area (Å²) in [6.07, 6.45) is 8.56. The largest absolute Gasteiger partial charge is 0.459 e. The summed E-state index contributed by atoms with van der Waals surface area (Å²) in [5.41, 5.74) is 2.53. The lowest BCUT2D eigenvalue weighted by molar-refractivity contribution is -0.177. The lowest BCUT2D eigenvalue weighted by Gasteiger charge is -2.59. The molecule has 3 fully saturated rings. The van der Waals surface area contributed by atoms with Crippen molar-refractivity contribution < 1.29 is 14.3 Å². The number of carbonyl (C=O) groups excluding carboxylic acids is 2. The Hall–Kier alpha value is -1.12. The maximum Gasteiger partial charge on any atom is 0.303 e. The van der Waals surface area contributed by atoms with E-state index in [1.54, 1.807) is 6.92 Å². The summed E-state index contributed by atoms with van der Waals surface area (Å²) < 4.78 is 5.92. The van der Waals surface area contributed by atoms with E-state index < -0.39 is 0 Å². The van der Waals surface area contributed by atoms with Gasteiger partial charge in [-0.3, -0.25) is 9.59 Å². The average molecular weight is 359 g/mol. The quantitative estimate of drug-likeness (QED) is 0.603. The highest BCUT2D eigenvalue weighted by Gasteiger charge is 2.64. The summed E-state index contributed by atoms with van der Waals surface area (Å²) in [7, 11) is 0. The van der Waals surface area contributed by atoms with Crippen LogP contribution < -0.4 is 0 Å². The van der Waals surface area contributed by atoms with Crippen LogP contribution in [0.4, 0.5) is 0 Å². The van der Waals surface area contributed by atoms with Crippen LogP contribution in [-0.2, 0) is 14.3 Å². The Labute approximate surface area is 157 Å². The van der Waals surface area contributed by atoms with Gasteiger partial charge in [-0.1, -0.05) is 19.4 Å². The van der Waals surface area contributed by atoms with Gasteiger partial charge >= 0.3 is 5.97 Å². The monoisotopic (exact) mass is 358 g/mol. The number of fused-ring (bicyclic) bond motifs is 5. The summed E-state index contributed by atoms with van der Waals surface area (Å²) >= 11 is 0. The minimum atomic E-state index is -0.316. The second-order valence-electron chi connectivity index (χ2n) is 10.2. The van der Waals surface area contributed by atoms with E-state index in [4.69, 9.17) is 4.74 Å². The Morgan fingerprint density at radius 2 is 1.69 bits per heavy atom. The van der Waals surface area contributed by atoms with Gasteiger partial charge in [0.15, 0.2) is 5.78 Å². The first-order chi connectivity index (χ1) is 12.1. The van der Waals surface area contributed by atoms with Gasteiger partial charge in [-0.25, -0.2) is 0 Å². The van der Waals surface area contributed by atoms with Crippen LogP contribution in [0, 0.1) is 28.6 Å². The van der Waals surface area contributed by atoms with E-state index in [1.165, 1.54) is 24.8 Å². The minimum Gasteiger partial charge on any atom is -0.459 e. The maximum absolute atomic E-state index is 12.3. The lowest BCUT2D eigenvalue weighted by Crippen LogP contribution is -2.55. The van der Waals surface area contributed by atoms with Gasteiger partial charge in [-0.2, -0.15) is 0 Å². The highest BCUT2D eigenvalue weighted by atomic mass is 16.6. The topological polar surface area (TPSA) is 43.4 Å². The molecule has 4 aliphatic carbocycles. The highest BCUT2D eigenvalue weighted by molar-refractivity contribution is 5.96. The lowest BCUT2D eigenvalue weighted by atomic mass is 9.46. The highest BCUT2D eigenvalue weighted by Crippen LogP contribution is 2.68. The molecular weight excluding hydrogens is 324 g/mol. The van der Waals surface area contributed by atoms with E-state index in [9.17, 15) is 9.59 Å². The summed E-state index contributed by atoms with van der Waals surface area (Å²) in [6.45, 7) is 10.6. The SMILES string of the molecule is CC(=O)OC1(C)CC[C@H]2[C@@H]3CCC4=C(C)C(=O)CC[C@]4(C)[C@@H]3CC[C@@]21C. The van der Waals surface area contributed by atoms with Crippen LogP contribution in [0.1, 0.15) is 86.0 Å². The van der Waals surface area contributed by atoms with Crippen molar-refractivity contribution in [1.29, 1.82) is 0 Å². The smallest absolute Gasteiger partial charge is 0.303 e. The molecule has 0 spiro atoms. The van der Waals surface area contributed by atoms with Crippen molar-refractivity contribution in [2.45, 2.75) is 91.6 Å². The zero-order chi connectivity index (χ0) is 18.9. The van der Waals surface area contributed by atoms with E-state index in [0.717, 1.165) is 37.7 Å². The van der Waals surface area contributed by atoms with Gasteiger partial charge in [0, 0.05) is 18.8 Å². The van der Waals surface area contributed by atoms with E-state index in [2.05, 4.69) is 27.7 Å².